The third-order valence-corrected chi connectivity index (χ3v) is 6.08. The van der Waals surface area contributed by atoms with E-state index in [9.17, 15) is 18.0 Å². The standard InChI is InChI=1S/C21H19N3O5S/c25-20-9-7-14-11-15(6-8-19(14)24-20)21(26)23-16-3-1-5-18(12-16)30(27,28)22-13-17-4-2-10-29-17/h1-6,8,10-12,22H,7,9,13H2,(H,23,26)(H,24,25). The first-order valence-corrected chi connectivity index (χ1v) is 10.8. The Labute approximate surface area is 173 Å². The maximum absolute atomic E-state index is 12.6. The zero-order valence-corrected chi connectivity index (χ0v) is 16.7. The average Bonchev–Trinajstić information content (AvgIpc) is 3.26. The van der Waals surface area contributed by atoms with Gasteiger partial charge < -0.3 is 15.1 Å². The Morgan fingerprint density at radius 2 is 1.93 bits per heavy atom. The molecule has 0 atom stereocenters. The Bertz CT molecular complexity index is 1200. The van der Waals surface area contributed by atoms with Crippen molar-refractivity contribution in [1.29, 1.82) is 0 Å². The third-order valence-electron chi connectivity index (χ3n) is 4.68. The minimum atomic E-state index is -3.78. The van der Waals surface area contributed by atoms with Crippen molar-refractivity contribution >= 4 is 33.2 Å². The average molecular weight is 425 g/mol. The largest absolute Gasteiger partial charge is 0.468 e. The number of sulfonamides is 1. The summed E-state index contributed by atoms with van der Waals surface area (Å²) in [7, 11) is -3.78. The first-order valence-electron chi connectivity index (χ1n) is 9.27. The predicted molar refractivity (Wildman–Crippen MR) is 111 cm³/mol. The number of carbonyl (C=O) groups is 2. The van der Waals surface area contributed by atoms with Gasteiger partial charge in [0.15, 0.2) is 0 Å². The smallest absolute Gasteiger partial charge is 0.255 e. The number of hydrogen-bond donors (Lipinski definition) is 3. The molecule has 1 aromatic heterocycles. The van der Waals surface area contributed by atoms with E-state index < -0.39 is 10.0 Å². The van der Waals surface area contributed by atoms with Gasteiger partial charge in [-0.05, 0) is 60.5 Å². The van der Waals surface area contributed by atoms with Crippen molar-refractivity contribution in [2.45, 2.75) is 24.3 Å². The van der Waals surface area contributed by atoms with Crippen LogP contribution in [0.15, 0.2) is 70.2 Å². The summed E-state index contributed by atoms with van der Waals surface area (Å²) in [5.41, 5.74) is 2.38. The van der Waals surface area contributed by atoms with Crippen LogP contribution in [0.3, 0.4) is 0 Å². The van der Waals surface area contributed by atoms with E-state index in [1.54, 1.807) is 42.5 Å². The van der Waals surface area contributed by atoms with E-state index in [2.05, 4.69) is 15.4 Å². The molecule has 4 rings (SSSR count). The van der Waals surface area contributed by atoms with E-state index >= 15 is 0 Å². The normalized spacial score (nSPS) is 13.4. The second kappa shape index (κ2) is 8.13. The molecule has 0 radical (unpaired) electrons. The van der Waals surface area contributed by atoms with Gasteiger partial charge in [0, 0.05) is 23.4 Å². The molecule has 0 saturated carbocycles. The van der Waals surface area contributed by atoms with Crippen molar-refractivity contribution in [2.24, 2.45) is 0 Å². The molecule has 2 heterocycles. The van der Waals surface area contributed by atoms with Crippen molar-refractivity contribution in [2.75, 3.05) is 10.6 Å². The molecule has 2 amide bonds. The number of fused-ring (bicyclic) bond motifs is 1. The lowest BCUT2D eigenvalue weighted by atomic mass is 10.00. The van der Waals surface area contributed by atoms with Gasteiger partial charge in [-0.25, -0.2) is 13.1 Å². The van der Waals surface area contributed by atoms with Crippen LogP contribution in [-0.2, 0) is 27.8 Å². The number of amides is 2. The number of benzene rings is 2. The topological polar surface area (TPSA) is 118 Å². The van der Waals surface area contributed by atoms with Crippen LogP contribution in [0, 0.1) is 0 Å². The molecule has 0 aliphatic carbocycles. The molecule has 0 saturated heterocycles. The molecule has 0 bridgehead atoms. The molecule has 1 aliphatic rings. The highest BCUT2D eigenvalue weighted by Crippen LogP contribution is 2.24. The number of furan rings is 1. The van der Waals surface area contributed by atoms with E-state index in [1.807, 2.05) is 0 Å². The Hall–Kier alpha value is -3.43. The van der Waals surface area contributed by atoms with E-state index in [-0.39, 0.29) is 23.3 Å². The number of rotatable bonds is 6. The Morgan fingerprint density at radius 1 is 1.07 bits per heavy atom. The van der Waals surface area contributed by atoms with Crippen molar-refractivity contribution in [3.05, 3.63) is 77.7 Å². The third kappa shape index (κ3) is 4.42. The van der Waals surface area contributed by atoms with Gasteiger partial charge in [-0.3, -0.25) is 9.59 Å². The first-order chi connectivity index (χ1) is 14.4. The van der Waals surface area contributed by atoms with Crippen LogP contribution in [-0.4, -0.2) is 20.2 Å². The Morgan fingerprint density at radius 3 is 2.73 bits per heavy atom. The molecule has 0 spiro atoms. The number of anilines is 2. The van der Waals surface area contributed by atoms with Crippen LogP contribution in [0.4, 0.5) is 11.4 Å². The monoisotopic (exact) mass is 425 g/mol. The highest BCUT2D eigenvalue weighted by molar-refractivity contribution is 7.89. The summed E-state index contributed by atoms with van der Waals surface area (Å²) in [5, 5.41) is 5.49. The molecule has 3 aromatic rings. The summed E-state index contributed by atoms with van der Waals surface area (Å²) < 4.78 is 32.6. The van der Waals surface area contributed by atoms with Gasteiger partial charge in [0.05, 0.1) is 17.7 Å². The van der Waals surface area contributed by atoms with E-state index in [4.69, 9.17) is 4.42 Å². The van der Waals surface area contributed by atoms with Gasteiger partial charge in [0.25, 0.3) is 5.91 Å². The molecule has 8 nitrogen and oxygen atoms in total. The molecular weight excluding hydrogens is 406 g/mol. The van der Waals surface area contributed by atoms with Crippen molar-refractivity contribution in [3.8, 4) is 0 Å². The van der Waals surface area contributed by atoms with Gasteiger partial charge in [0.2, 0.25) is 15.9 Å². The fourth-order valence-corrected chi connectivity index (χ4v) is 4.17. The summed E-state index contributed by atoms with van der Waals surface area (Å²) in [5.74, 6) is 0.0813. The van der Waals surface area contributed by atoms with Gasteiger partial charge in [-0.2, -0.15) is 0 Å². The minimum absolute atomic E-state index is 0.0254. The lowest BCUT2D eigenvalue weighted by Crippen LogP contribution is -2.23. The number of aryl methyl sites for hydroxylation is 1. The van der Waals surface area contributed by atoms with Crippen molar-refractivity contribution in [1.82, 2.24) is 4.72 Å². The second-order valence-electron chi connectivity index (χ2n) is 6.81. The van der Waals surface area contributed by atoms with Crippen LogP contribution >= 0.6 is 0 Å². The zero-order chi connectivity index (χ0) is 21.1. The fraction of sp³-hybridized carbons (Fsp3) is 0.143. The van der Waals surface area contributed by atoms with E-state index in [0.29, 0.717) is 35.5 Å². The van der Waals surface area contributed by atoms with Crippen LogP contribution in [0.5, 0.6) is 0 Å². The summed E-state index contributed by atoms with van der Waals surface area (Å²) in [6.45, 7) is 0.0254. The van der Waals surface area contributed by atoms with Crippen LogP contribution < -0.4 is 15.4 Å². The second-order valence-corrected chi connectivity index (χ2v) is 8.57. The van der Waals surface area contributed by atoms with Gasteiger partial charge in [0.1, 0.15) is 5.76 Å². The molecule has 30 heavy (non-hydrogen) atoms. The lowest BCUT2D eigenvalue weighted by molar-refractivity contribution is -0.116. The predicted octanol–water partition coefficient (Wildman–Crippen LogP) is 2.90. The molecule has 1 aliphatic heterocycles. The van der Waals surface area contributed by atoms with Crippen LogP contribution in [0.2, 0.25) is 0 Å². The van der Waals surface area contributed by atoms with E-state index in [1.165, 1.54) is 18.4 Å². The number of nitrogens with one attached hydrogen (secondary N) is 3. The van der Waals surface area contributed by atoms with Crippen LogP contribution in [0.25, 0.3) is 0 Å². The quantitative estimate of drug-likeness (QED) is 0.561. The Kier molecular flexibility index (Phi) is 5.39. The number of carbonyl (C=O) groups excluding carboxylic acids is 2. The van der Waals surface area contributed by atoms with E-state index in [0.717, 1.165) is 5.56 Å². The summed E-state index contributed by atoms with van der Waals surface area (Å²) in [4.78, 5) is 24.1. The maximum Gasteiger partial charge on any atom is 0.255 e. The summed E-state index contributed by atoms with van der Waals surface area (Å²) in [6, 6.07) is 14.4. The van der Waals surface area contributed by atoms with Gasteiger partial charge >= 0.3 is 0 Å². The Balaban J connectivity index is 1.47. The highest BCUT2D eigenvalue weighted by atomic mass is 32.2. The molecule has 3 N–H and O–H groups in total. The lowest BCUT2D eigenvalue weighted by Gasteiger charge is -2.17. The molecule has 0 fully saturated rings. The number of hydrogen-bond acceptors (Lipinski definition) is 5. The minimum Gasteiger partial charge on any atom is -0.468 e. The van der Waals surface area contributed by atoms with Gasteiger partial charge in [-0.15, -0.1) is 0 Å². The molecule has 154 valence electrons. The molecule has 9 heteroatoms. The SMILES string of the molecule is O=C1CCc2cc(C(=O)Nc3cccc(S(=O)(=O)NCc4ccco4)c3)ccc2N1. The van der Waals surface area contributed by atoms with Crippen LogP contribution in [0.1, 0.15) is 28.1 Å². The molecular formula is C21H19N3O5S. The zero-order valence-electron chi connectivity index (χ0n) is 15.8. The summed E-state index contributed by atoms with van der Waals surface area (Å²) >= 11 is 0. The maximum atomic E-state index is 12.6. The van der Waals surface area contributed by atoms with Crippen molar-refractivity contribution in [3.63, 3.8) is 0 Å². The fourth-order valence-electron chi connectivity index (χ4n) is 3.13. The first kappa shape index (κ1) is 19.9. The van der Waals surface area contributed by atoms with Gasteiger partial charge in [-0.1, -0.05) is 6.07 Å². The highest BCUT2D eigenvalue weighted by Gasteiger charge is 2.18. The summed E-state index contributed by atoms with van der Waals surface area (Å²) in [6.07, 6.45) is 2.41. The van der Waals surface area contributed by atoms with Crippen molar-refractivity contribution < 1.29 is 22.4 Å². The molecule has 2 aromatic carbocycles. The molecule has 0 unspecified atom stereocenters.